The summed E-state index contributed by atoms with van der Waals surface area (Å²) in [7, 11) is 0. The zero-order valence-electron chi connectivity index (χ0n) is 17.5. The Morgan fingerprint density at radius 2 is 1.97 bits per heavy atom. The van der Waals surface area contributed by atoms with Gasteiger partial charge in [-0.2, -0.15) is 5.10 Å². The summed E-state index contributed by atoms with van der Waals surface area (Å²) in [5.74, 6) is 2.16. The van der Waals surface area contributed by atoms with Crippen molar-refractivity contribution in [2.24, 2.45) is 0 Å². The number of nitrogens with one attached hydrogen (secondary N) is 1. The maximum atomic E-state index is 13.4. The zero-order valence-corrected chi connectivity index (χ0v) is 19.2. The number of aromatic nitrogens is 3. The van der Waals surface area contributed by atoms with Crippen LogP contribution in [-0.4, -0.2) is 45.3 Å². The lowest BCUT2D eigenvalue weighted by Gasteiger charge is -2.31. The number of hydrogen-bond acceptors (Lipinski definition) is 5. The molecule has 0 unspecified atom stereocenters. The van der Waals surface area contributed by atoms with Gasteiger partial charge in [-0.25, -0.2) is 0 Å². The molecule has 0 atom stereocenters. The van der Waals surface area contributed by atoms with E-state index < -0.39 is 0 Å². The van der Waals surface area contributed by atoms with Crippen molar-refractivity contribution in [2.45, 2.75) is 44.6 Å². The maximum absolute atomic E-state index is 13.4. The molecule has 0 radical (unpaired) electrons. The van der Waals surface area contributed by atoms with E-state index in [2.05, 4.69) is 26.9 Å². The van der Waals surface area contributed by atoms with Gasteiger partial charge in [0.05, 0.1) is 6.61 Å². The first-order chi connectivity index (χ1) is 15.2. The van der Waals surface area contributed by atoms with Gasteiger partial charge in [-0.1, -0.05) is 30.3 Å². The first-order valence-electron chi connectivity index (χ1n) is 10.9. The number of amides is 1. The predicted octanol–water partition coefficient (Wildman–Crippen LogP) is 5.42. The lowest BCUT2D eigenvalue weighted by atomic mass is 9.95. The number of aromatic amines is 1. The number of piperidine rings is 1. The molecule has 1 saturated heterocycles. The van der Waals surface area contributed by atoms with Crippen molar-refractivity contribution in [2.75, 3.05) is 19.7 Å². The quantitative estimate of drug-likeness (QED) is 0.505. The lowest BCUT2D eigenvalue weighted by Crippen LogP contribution is -2.38. The molecule has 3 heterocycles. The summed E-state index contributed by atoms with van der Waals surface area (Å²) < 4.78 is 8.76. The fourth-order valence-corrected chi connectivity index (χ4v) is 5.67. The number of benzene rings is 1. The highest BCUT2D eigenvalue weighted by Gasteiger charge is 2.33. The molecule has 0 spiro atoms. The molecule has 1 aromatic carbocycles. The van der Waals surface area contributed by atoms with Crippen LogP contribution in [0.25, 0.3) is 10.4 Å². The number of H-pyrrole nitrogens is 1. The number of likely N-dealkylation sites (tertiary alicyclic amines) is 1. The van der Waals surface area contributed by atoms with Crippen LogP contribution in [0.1, 0.15) is 60.1 Å². The van der Waals surface area contributed by atoms with Gasteiger partial charge >= 0.3 is 0 Å². The van der Waals surface area contributed by atoms with Crippen LogP contribution in [0.15, 0.2) is 36.4 Å². The Bertz CT molecular complexity index is 1120. The van der Waals surface area contributed by atoms with E-state index in [0.29, 0.717) is 29.2 Å². The number of thiophene rings is 1. The van der Waals surface area contributed by atoms with Gasteiger partial charge in [0.1, 0.15) is 16.5 Å². The second-order valence-electron chi connectivity index (χ2n) is 8.16. The van der Waals surface area contributed by atoms with E-state index in [1.807, 2.05) is 36.1 Å². The van der Waals surface area contributed by atoms with Crippen LogP contribution < -0.4 is 4.74 Å². The normalized spacial score (nSPS) is 17.1. The summed E-state index contributed by atoms with van der Waals surface area (Å²) in [6.45, 7) is 3.93. The molecule has 2 fully saturated rings. The van der Waals surface area contributed by atoms with Crippen LogP contribution in [0.3, 0.4) is 0 Å². The molecule has 1 aliphatic carbocycles. The molecule has 6 nitrogen and oxygen atoms in total. The Labute approximate surface area is 190 Å². The smallest absolute Gasteiger partial charge is 0.267 e. The van der Waals surface area contributed by atoms with E-state index in [0.717, 1.165) is 47.0 Å². The highest BCUT2D eigenvalue weighted by Crippen LogP contribution is 2.40. The minimum absolute atomic E-state index is 0.0649. The third-order valence-corrected chi connectivity index (χ3v) is 7.48. The Morgan fingerprint density at radius 1 is 1.23 bits per heavy atom. The summed E-state index contributed by atoms with van der Waals surface area (Å²) in [6, 6.07) is 12.7. The summed E-state index contributed by atoms with van der Waals surface area (Å²) in [6.07, 6.45) is 4.17. The first-order valence-corrected chi connectivity index (χ1v) is 12.2. The van der Waals surface area contributed by atoms with Gasteiger partial charge in [-0.05, 0) is 56.5 Å². The molecular weight excluding hydrogens is 428 g/mol. The summed E-state index contributed by atoms with van der Waals surface area (Å²) >= 11 is 6.95. The number of carbonyl (C=O) groups is 1. The van der Waals surface area contributed by atoms with Crippen molar-refractivity contribution in [3.05, 3.63) is 51.9 Å². The molecule has 0 bridgehead atoms. The zero-order chi connectivity index (χ0) is 21.4. The second kappa shape index (κ2) is 8.59. The van der Waals surface area contributed by atoms with E-state index in [1.165, 1.54) is 24.2 Å². The standard InChI is InChI=1S/C23H26N4O2S2/c1-2-29-18-14-19(15-6-4-3-5-7-15)31-20(18)22(28)26-12-10-16(11-13-26)21-24-25-23(30)27(21)17-8-9-17/h3-7,14,16-17H,2,8-13H2,1H3,(H,25,30). The fraction of sp³-hybridized carbons (Fsp3) is 0.435. The van der Waals surface area contributed by atoms with Crippen LogP contribution >= 0.6 is 23.6 Å². The molecular formula is C23H26N4O2S2. The van der Waals surface area contributed by atoms with Crippen LogP contribution in [-0.2, 0) is 0 Å². The molecule has 1 amide bonds. The van der Waals surface area contributed by atoms with Crippen molar-refractivity contribution in [3.63, 3.8) is 0 Å². The van der Waals surface area contributed by atoms with Gasteiger partial charge < -0.3 is 14.2 Å². The topological polar surface area (TPSA) is 63.1 Å². The van der Waals surface area contributed by atoms with Crippen molar-refractivity contribution in [1.29, 1.82) is 0 Å². The number of hydrogen-bond donors (Lipinski definition) is 1. The van der Waals surface area contributed by atoms with Crippen molar-refractivity contribution in [1.82, 2.24) is 19.7 Å². The maximum Gasteiger partial charge on any atom is 0.267 e. The molecule has 162 valence electrons. The summed E-state index contributed by atoms with van der Waals surface area (Å²) in [5, 5.41) is 7.50. The van der Waals surface area contributed by atoms with Gasteiger partial charge in [0.2, 0.25) is 0 Å². The van der Waals surface area contributed by atoms with E-state index in [4.69, 9.17) is 17.0 Å². The minimum Gasteiger partial charge on any atom is -0.492 e. The van der Waals surface area contributed by atoms with Crippen LogP contribution in [0.5, 0.6) is 5.75 Å². The van der Waals surface area contributed by atoms with Gasteiger partial charge in [0.15, 0.2) is 4.77 Å². The van der Waals surface area contributed by atoms with Gasteiger partial charge in [-0.3, -0.25) is 9.89 Å². The molecule has 3 aromatic rings. The molecule has 2 aromatic heterocycles. The van der Waals surface area contributed by atoms with Crippen molar-refractivity contribution in [3.8, 4) is 16.2 Å². The highest BCUT2D eigenvalue weighted by molar-refractivity contribution is 7.71. The molecule has 8 heteroatoms. The summed E-state index contributed by atoms with van der Waals surface area (Å²) in [4.78, 5) is 17.1. The monoisotopic (exact) mass is 454 g/mol. The van der Waals surface area contributed by atoms with Gasteiger partial charge in [0.25, 0.3) is 5.91 Å². The average Bonchev–Trinajstić information content (AvgIpc) is 3.44. The fourth-order valence-electron chi connectivity index (χ4n) is 4.31. The average molecular weight is 455 g/mol. The Kier molecular flexibility index (Phi) is 5.67. The molecule has 1 saturated carbocycles. The number of rotatable bonds is 6. The summed E-state index contributed by atoms with van der Waals surface area (Å²) in [5.41, 5.74) is 1.11. The first kappa shape index (κ1) is 20.5. The highest BCUT2D eigenvalue weighted by atomic mass is 32.1. The Morgan fingerprint density at radius 3 is 2.65 bits per heavy atom. The van der Waals surface area contributed by atoms with E-state index in [9.17, 15) is 4.79 Å². The number of nitrogens with zero attached hydrogens (tertiary/aromatic N) is 3. The number of carbonyl (C=O) groups excluding carboxylic acids is 1. The third kappa shape index (κ3) is 4.06. The van der Waals surface area contributed by atoms with E-state index in [-0.39, 0.29) is 5.91 Å². The Hall–Kier alpha value is -2.45. The van der Waals surface area contributed by atoms with Crippen LogP contribution in [0, 0.1) is 4.77 Å². The predicted molar refractivity (Wildman–Crippen MR) is 124 cm³/mol. The SMILES string of the molecule is CCOc1cc(-c2ccccc2)sc1C(=O)N1CCC(c2n[nH]c(=S)n2C2CC2)CC1. The molecule has 31 heavy (non-hydrogen) atoms. The van der Waals surface area contributed by atoms with Crippen molar-refractivity contribution >= 4 is 29.5 Å². The molecule has 1 aliphatic heterocycles. The second-order valence-corrected chi connectivity index (χ2v) is 9.60. The lowest BCUT2D eigenvalue weighted by molar-refractivity contribution is 0.0711. The minimum atomic E-state index is 0.0649. The Balaban J connectivity index is 1.32. The molecule has 1 N–H and O–H groups in total. The van der Waals surface area contributed by atoms with Crippen molar-refractivity contribution < 1.29 is 9.53 Å². The van der Waals surface area contributed by atoms with Gasteiger partial charge in [0, 0.05) is 29.9 Å². The van der Waals surface area contributed by atoms with Gasteiger partial charge in [-0.15, -0.1) is 11.3 Å². The molecule has 2 aliphatic rings. The van der Waals surface area contributed by atoms with Crippen LogP contribution in [0.4, 0.5) is 0 Å². The third-order valence-electron chi connectivity index (χ3n) is 6.04. The van der Waals surface area contributed by atoms with Crippen LogP contribution in [0.2, 0.25) is 0 Å². The largest absolute Gasteiger partial charge is 0.492 e. The number of ether oxygens (including phenoxy) is 1. The van der Waals surface area contributed by atoms with E-state index >= 15 is 0 Å². The molecule has 5 rings (SSSR count). The van der Waals surface area contributed by atoms with E-state index in [1.54, 1.807) is 0 Å².